The fraction of sp³-hybridized carbons (Fsp3) is 0.538. The number of anilines is 1. The van der Waals surface area contributed by atoms with Crippen LogP contribution in [0.1, 0.15) is 12.8 Å². The van der Waals surface area contributed by atoms with E-state index in [0.717, 1.165) is 23.7 Å². The zero-order valence-electron chi connectivity index (χ0n) is 10.2. The maximum atomic E-state index is 5.54. The number of nitrogens with one attached hydrogen (secondary N) is 1. The molecule has 1 aromatic carbocycles. The molecule has 0 aliphatic carbocycles. The molecule has 1 heterocycles. The Bertz CT molecular complexity index is 357. The van der Waals surface area contributed by atoms with Gasteiger partial charge in [-0.2, -0.15) is 11.8 Å². The highest BCUT2D eigenvalue weighted by Gasteiger charge is 2.11. The molecule has 1 N–H and O–H groups in total. The molecule has 1 aliphatic heterocycles. The zero-order valence-corrected chi connectivity index (χ0v) is 11.0. The predicted molar refractivity (Wildman–Crippen MR) is 73.5 cm³/mol. The first kappa shape index (κ1) is 12.4. The Morgan fingerprint density at radius 2 is 2.00 bits per heavy atom. The molecule has 0 atom stereocenters. The van der Waals surface area contributed by atoms with Gasteiger partial charge >= 0.3 is 0 Å². The van der Waals surface area contributed by atoms with Gasteiger partial charge in [0.05, 0.1) is 0 Å². The molecule has 0 aromatic heterocycles. The van der Waals surface area contributed by atoms with Gasteiger partial charge in [-0.1, -0.05) is 0 Å². The molecule has 2 rings (SSSR count). The normalized spacial score (nSPS) is 13.5. The molecule has 1 aliphatic rings. The van der Waals surface area contributed by atoms with Crippen LogP contribution in [0, 0.1) is 0 Å². The topological polar surface area (TPSA) is 30.5 Å². The fourth-order valence-corrected chi connectivity index (χ4v) is 2.25. The van der Waals surface area contributed by atoms with Crippen molar-refractivity contribution in [2.24, 2.45) is 0 Å². The second-order valence-corrected chi connectivity index (χ2v) is 4.97. The van der Waals surface area contributed by atoms with E-state index in [0.29, 0.717) is 13.2 Å². The maximum absolute atomic E-state index is 5.54. The predicted octanol–water partition coefficient (Wildman–Crippen LogP) is 3.01. The van der Waals surface area contributed by atoms with Crippen molar-refractivity contribution in [3.8, 4) is 11.5 Å². The van der Waals surface area contributed by atoms with E-state index in [1.54, 1.807) is 0 Å². The summed E-state index contributed by atoms with van der Waals surface area (Å²) in [5.74, 6) is 2.94. The largest absolute Gasteiger partial charge is 0.486 e. The van der Waals surface area contributed by atoms with Gasteiger partial charge in [-0.25, -0.2) is 0 Å². The molecule has 0 saturated carbocycles. The Morgan fingerprint density at radius 3 is 2.82 bits per heavy atom. The van der Waals surface area contributed by atoms with E-state index in [2.05, 4.69) is 11.6 Å². The van der Waals surface area contributed by atoms with E-state index in [1.807, 2.05) is 30.0 Å². The monoisotopic (exact) mass is 253 g/mol. The lowest BCUT2D eigenvalue weighted by Gasteiger charge is -2.19. The molecule has 94 valence electrons. The van der Waals surface area contributed by atoms with Crippen LogP contribution < -0.4 is 14.8 Å². The summed E-state index contributed by atoms with van der Waals surface area (Å²) < 4.78 is 11.0. The maximum Gasteiger partial charge on any atom is 0.163 e. The van der Waals surface area contributed by atoms with Gasteiger partial charge in [0.1, 0.15) is 13.2 Å². The number of benzene rings is 1. The van der Waals surface area contributed by atoms with Crippen LogP contribution >= 0.6 is 11.8 Å². The Balaban J connectivity index is 1.81. The lowest BCUT2D eigenvalue weighted by atomic mass is 10.2. The summed E-state index contributed by atoms with van der Waals surface area (Å²) in [5.41, 5.74) is 1.11. The Hall–Kier alpha value is -1.03. The molecular weight excluding hydrogens is 234 g/mol. The SMILES string of the molecule is CSCCCCNc1ccc2c(c1)OCCO2. The standard InChI is InChI=1S/C13H19NO2S/c1-17-9-3-2-6-14-11-4-5-12-13(10-11)16-8-7-15-12/h4-5,10,14H,2-3,6-9H2,1H3. The van der Waals surface area contributed by atoms with Gasteiger partial charge in [-0.3, -0.25) is 0 Å². The van der Waals surface area contributed by atoms with Gasteiger partial charge in [-0.05, 0) is 37.0 Å². The van der Waals surface area contributed by atoms with Gasteiger partial charge in [0.25, 0.3) is 0 Å². The summed E-state index contributed by atoms with van der Waals surface area (Å²) >= 11 is 1.90. The van der Waals surface area contributed by atoms with E-state index < -0.39 is 0 Å². The highest BCUT2D eigenvalue weighted by Crippen LogP contribution is 2.32. The van der Waals surface area contributed by atoms with Crippen molar-refractivity contribution < 1.29 is 9.47 Å². The van der Waals surface area contributed by atoms with Gasteiger partial charge in [0.2, 0.25) is 0 Å². The molecule has 0 unspecified atom stereocenters. The van der Waals surface area contributed by atoms with Crippen LogP contribution in [0.25, 0.3) is 0 Å². The van der Waals surface area contributed by atoms with Gasteiger partial charge < -0.3 is 14.8 Å². The first-order chi connectivity index (χ1) is 8.40. The molecule has 17 heavy (non-hydrogen) atoms. The van der Waals surface area contributed by atoms with Crippen molar-refractivity contribution in [3.05, 3.63) is 18.2 Å². The third-order valence-electron chi connectivity index (χ3n) is 2.65. The number of unbranched alkanes of at least 4 members (excludes halogenated alkanes) is 1. The van der Waals surface area contributed by atoms with E-state index >= 15 is 0 Å². The highest BCUT2D eigenvalue weighted by molar-refractivity contribution is 7.98. The molecule has 4 heteroatoms. The highest BCUT2D eigenvalue weighted by atomic mass is 32.2. The molecule has 0 bridgehead atoms. The third-order valence-corrected chi connectivity index (χ3v) is 3.34. The zero-order chi connectivity index (χ0) is 11.9. The van der Waals surface area contributed by atoms with Crippen LogP contribution in [0.5, 0.6) is 11.5 Å². The van der Waals surface area contributed by atoms with E-state index in [1.165, 1.54) is 18.6 Å². The van der Waals surface area contributed by atoms with E-state index in [-0.39, 0.29) is 0 Å². The number of rotatable bonds is 6. The summed E-state index contributed by atoms with van der Waals surface area (Å²) in [6, 6.07) is 6.03. The number of ether oxygens (including phenoxy) is 2. The number of thioether (sulfide) groups is 1. The minimum atomic E-state index is 0.643. The van der Waals surface area contributed by atoms with E-state index in [9.17, 15) is 0 Å². The first-order valence-corrected chi connectivity index (χ1v) is 7.42. The van der Waals surface area contributed by atoms with Gasteiger partial charge in [0.15, 0.2) is 11.5 Å². The van der Waals surface area contributed by atoms with Crippen molar-refractivity contribution in [1.82, 2.24) is 0 Å². The van der Waals surface area contributed by atoms with Crippen LogP contribution in [0.2, 0.25) is 0 Å². The Morgan fingerprint density at radius 1 is 1.18 bits per heavy atom. The summed E-state index contributed by atoms with van der Waals surface area (Å²) in [6.07, 6.45) is 4.61. The molecule has 1 aromatic rings. The molecule has 0 spiro atoms. The quantitative estimate of drug-likeness (QED) is 0.789. The summed E-state index contributed by atoms with van der Waals surface area (Å²) in [4.78, 5) is 0. The molecule has 0 amide bonds. The Kier molecular flexibility index (Phi) is 4.86. The van der Waals surface area contributed by atoms with Crippen molar-refractivity contribution in [2.75, 3.05) is 37.1 Å². The number of hydrogen-bond acceptors (Lipinski definition) is 4. The van der Waals surface area contributed by atoms with Crippen LogP contribution in [0.3, 0.4) is 0 Å². The molecule has 3 nitrogen and oxygen atoms in total. The number of fused-ring (bicyclic) bond motifs is 1. The van der Waals surface area contributed by atoms with E-state index in [4.69, 9.17) is 9.47 Å². The summed E-state index contributed by atoms with van der Waals surface area (Å²) in [6.45, 7) is 2.30. The van der Waals surface area contributed by atoms with Crippen LogP contribution in [0.4, 0.5) is 5.69 Å². The fourth-order valence-electron chi connectivity index (χ4n) is 1.76. The minimum Gasteiger partial charge on any atom is -0.486 e. The third kappa shape index (κ3) is 3.73. The second-order valence-electron chi connectivity index (χ2n) is 3.99. The van der Waals surface area contributed by atoms with Crippen molar-refractivity contribution in [2.45, 2.75) is 12.8 Å². The van der Waals surface area contributed by atoms with Crippen molar-refractivity contribution >= 4 is 17.4 Å². The van der Waals surface area contributed by atoms with Crippen molar-refractivity contribution in [1.29, 1.82) is 0 Å². The lowest BCUT2D eigenvalue weighted by Crippen LogP contribution is -2.15. The molecule has 0 fully saturated rings. The van der Waals surface area contributed by atoms with Crippen LogP contribution in [0.15, 0.2) is 18.2 Å². The second kappa shape index (κ2) is 6.64. The summed E-state index contributed by atoms with van der Waals surface area (Å²) in [5, 5.41) is 3.41. The van der Waals surface area contributed by atoms with Crippen LogP contribution in [-0.4, -0.2) is 31.8 Å². The van der Waals surface area contributed by atoms with Crippen LogP contribution in [-0.2, 0) is 0 Å². The molecular formula is C13H19NO2S. The Labute approximate surface area is 107 Å². The molecule has 0 radical (unpaired) electrons. The lowest BCUT2D eigenvalue weighted by molar-refractivity contribution is 0.171. The van der Waals surface area contributed by atoms with Crippen molar-refractivity contribution in [3.63, 3.8) is 0 Å². The molecule has 0 saturated heterocycles. The minimum absolute atomic E-state index is 0.643. The number of hydrogen-bond donors (Lipinski definition) is 1. The first-order valence-electron chi connectivity index (χ1n) is 6.02. The average molecular weight is 253 g/mol. The van der Waals surface area contributed by atoms with Gasteiger partial charge in [-0.15, -0.1) is 0 Å². The smallest absolute Gasteiger partial charge is 0.163 e. The van der Waals surface area contributed by atoms with Gasteiger partial charge in [0, 0.05) is 18.3 Å². The summed E-state index contributed by atoms with van der Waals surface area (Å²) in [7, 11) is 0. The average Bonchev–Trinajstić information content (AvgIpc) is 2.38.